The second kappa shape index (κ2) is 15.2. The van der Waals surface area contributed by atoms with Gasteiger partial charge in [0.05, 0.1) is 6.10 Å². The molecule has 3 atom stereocenters. The molecule has 2 aliphatic rings. The zero-order chi connectivity index (χ0) is 18.2. The Hall–Kier alpha value is -0.651. The van der Waals surface area contributed by atoms with Crippen molar-refractivity contribution in [3.8, 4) is 0 Å². The van der Waals surface area contributed by atoms with Gasteiger partial charge in [0, 0.05) is 0 Å². The maximum atomic E-state index is 10.2. The molecule has 0 heterocycles. The van der Waals surface area contributed by atoms with Crippen molar-refractivity contribution in [2.24, 2.45) is 5.92 Å². The Kier molecular flexibility index (Phi) is 14.9. The molecule has 1 nitrogen and oxygen atoms in total. The predicted molar refractivity (Wildman–Crippen MR) is 128 cm³/mol. The standard InChI is InChI=1S/C19H23OP.C5H10.2CH3.Fe/c1-15(20)18-13-8-14-19(18)21(16-9-4-2-5-10-16)17-11-6-3-7-12-17;1-2-4-5-3-1;;;/h2-7,9-12,15,18-20H,8,13-14H2,1H3;1-5H2;2*1H3;/q;;2*-1;+2/t15-,18?,19?;;;;/m1..../s1. The molecule has 0 aliphatic heterocycles. The van der Waals surface area contributed by atoms with E-state index < -0.39 is 0 Å². The van der Waals surface area contributed by atoms with Crippen molar-refractivity contribution in [3.63, 3.8) is 0 Å². The Morgan fingerprint density at radius 3 is 1.52 bits per heavy atom. The fraction of sp³-hybridized carbons (Fsp3) is 0.462. The van der Waals surface area contributed by atoms with Crippen LogP contribution in [0.3, 0.4) is 0 Å². The molecule has 0 aromatic heterocycles. The Labute approximate surface area is 191 Å². The van der Waals surface area contributed by atoms with Crippen LogP contribution < -0.4 is 10.6 Å². The summed E-state index contributed by atoms with van der Waals surface area (Å²) in [6, 6.07) is 21.8. The van der Waals surface area contributed by atoms with Crippen LogP contribution in [-0.2, 0) is 17.1 Å². The molecule has 2 aromatic carbocycles. The van der Waals surface area contributed by atoms with Gasteiger partial charge in [0.2, 0.25) is 0 Å². The van der Waals surface area contributed by atoms with Crippen LogP contribution >= 0.6 is 7.92 Å². The molecule has 3 heteroatoms. The SMILES string of the molecule is C1CCCC1.C[C@@H](O)C1CCCC1P(c1ccccc1)c1ccccc1.[CH3-].[CH3-].[Fe+2]. The first-order chi connectivity index (χ1) is 12.8. The predicted octanol–water partition coefficient (Wildman–Crippen LogP) is 6.52. The van der Waals surface area contributed by atoms with Gasteiger partial charge in [-0.25, -0.2) is 0 Å². The molecule has 2 unspecified atom stereocenters. The van der Waals surface area contributed by atoms with Crippen molar-refractivity contribution in [1.29, 1.82) is 0 Å². The molecule has 0 radical (unpaired) electrons. The van der Waals surface area contributed by atoms with Gasteiger partial charge in [0.15, 0.2) is 0 Å². The van der Waals surface area contributed by atoms with Crippen LogP contribution in [0.5, 0.6) is 0 Å². The van der Waals surface area contributed by atoms with Gasteiger partial charge < -0.3 is 20.0 Å². The third-order valence-corrected chi connectivity index (χ3v) is 8.81. The molecule has 0 bridgehead atoms. The Bertz CT molecular complexity index is 581. The number of rotatable bonds is 4. The van der Waals surface area contributed by atoms with Gasteiger partial charge in [-0.2, -0.15) is 0 Å². The smallest absolute Gasteiger partial charge is 0.393 e. The fourth-order valence-corrected chi connectivity index (χ4v) is 7.72. The van der Waals surface area contributed by atoms with E-state index in [2.05, 4.69) is 60.7 Å². The zero-order valence-electron chi connectivity index (χ0n) is 18.4. The van der Waals surface area contributed by atoms with Crippen LogP contribution in [0.2, 0.25) is 0 Å². The summed E-state index contributed by atoms with van der Waals surface area (Å²) in [4.78, 5) is 0. The minimum atomic E-state index is -0.384. The van der Waals surface area contributed by atoms with E-state index in [-0.39, 0.29) is 45.9 Å². The summed E-state index contributed by atoms with van der Waals surface area (Å²) in [5.74, 6) is 0.441. The molecule has 1 N–H and O–H groups in total. The molecule has 0 amide bonds. The average molecular weight is 454 g/mol. The molecule has 0 spiro atoms. The number of aliphatic hydroxyl groups excluding tert-OH is 1. The summed E-state index contributed by atoms with van der Waals surface area (Å²) in [7, 11) is -0.384. The van der Waals surface area contributed by atoms with Gasteiger partial charge >= 0.3 is 17.1 Å². The van der Waals surface area contributed by atoms with Gasteiger partial charge in [-0.3, -0.25) is 0 Å². The van der Waals surface area contributed by atoms with Gasteiger partial charge in [0.25, 0.3) is 0 Å². The van der Waals surface area contributed by atoms with Crippen LogP contribution in [0.1, 0.15) is 58.3 Å². The normalized spacial score (nSPS) is 21.1. The van der Waals surface area contributed by atoms with Crippen molar-refractivity contribution >= 4 is 18.5 Å². The average Bonchev–Trinajstić information content (AvgIpc) is 3.39. The molecular formula is C26H39FeOP. The number of hydrogen-bond donors (Lipinski definition) is 1. The van der Waals surface area contributed by atoms with Crippen molar-refractivity contribution < 1.29 is 22.2 Å². The molecule has 2 fully saturated rings. The maximum Gasteiger partial charge on any atom is 2.00 e. The van der Waals surface area contributed by atoms with Crippen LogP contribution in [0.15, 0.2) is 60.7 Å². The first-order valence-corrected chi connectivity index (χ1v) is 11.8. The van der Waals surface area contributed by atoms with E-state index in [1.807, 2.05) is 6.92 Å². The number of hydrogen-bond acceptors (Lipinski definition) is 1. The van der Waals surface area contributed by atoms with Crippen molar-refractivity contribution in [2.45, 2.75) is 70.1 Å². The summed E-state index contributed by atoms with van der Waals surface area (Å²) >= 11 is 0. The van der Waals surface area contributed by atoms with Crippen molar-refractivity contribution in [1.82, 2.24) is 0 Å². The minimum Gasteiger partial charge on any atom is -0.393 e. The maximum absolute atomic E-state index is 10.2. The van der Waals surface area contributed by atoms with E-state index in [1.165, 1.54) is 62.0 Å². The Morgan fingerprint density at radius 2 is 1.14 bits per heavy atom. The molecule has 162 valence electrons. The van der Waals surface area contributed by atoms with E-state index in [0.717, 1.165) is 0 Å². The minimum absolute atomic E-state index is 0. The van der Waals surface area contributed by atoms with Gasteiger partial charge in [-0.1, -0.05) is 99.2 Å². The fourth-order valence-electron chi connectivity index (χ4n) is 4.45. The molecule has 29 heavy (non-hydrogen) atoms. The molecule has 0 saturated heterocycles. The van der Waals surface area contributed by atoms with Crippen molar-refractivity contribution in [3.05, 3.63) is 75.5 Å². The van der Waals surface area contributed by atoms with E-state index >= 15 is 0 Å². The Balaban J connectivity index is 0.000000863. The van der Waals surface area contributed by atoms with E-state index in [9.17, 15) is 5.11 Å². The van der Waals surface area contributed by atoms with E-state index in [1.54, 1.807) is 0 Å². The topological polar surface area (TPSA) is 20.2 Å². The summed E-state index contributed by atoms with van der Waals surface area (Å²) in [5.41, 5.74) is 0.602. The van der Waals surface area contributed by atoms with Crippen LogP contribution in [-0.4, -0.2) is 16.9 Å². The largest absolute Gasteiger partial charge is 2.00 e. The second-order valence-corrected chi connectivity index (χ2v) is 10.1. The first-order valence-electron chi connectivity index (χ1n) is 10.3. The zero-order valence-corrected chi connectivity index (χ0v) is 20.4. The second-order valence-electron chi connectivity index (χ2n) is 7.71. The summed E-state index contributed by atoms with van der Waals surface area (Å²) < 4.78 is 0. The van der Waals surface area contributed by atoms with Crippen LogP contribution in [0.25, 0.3) is 0 Å². The third kappa shape index (κ3) is 8.18. The molecule has 2 saturated carbocycles. The number of aliphatic hydroxyl groups is 1. The van der Waals surface area contributed by atoms with Crippen LogP contribution in [0, 0.1) is 20.8 Å². The van der Waals surface area contributed by atoms with Crippen LogP contribution in [0.4, 0.5) is 0 Å². The molecular weight excluding hydrogens is 415 g/mol. The van der Waals surface area contributed by atoms with E-state index in [0.29, 0.717) is 11.6 Å². The molecule has 2 aliphatic carbocycles. The van der Waals surface area contributed by atoms with E-state index in [4.69, 9.17) is 0 Å². The molecule has 4 rings (SSSR count). The first kappa shape index (κ1) is 28.3. The number of benzene rings is 2. The summed E-state index contributed by atoms with van der Waals surface area (Å²) in [6.45, 7) is 1.96. The summed E-state index contributed by atoms with van der Waals surface area (Å²) in [6.07, 6.45) is 11.0. The monoisotopic (exact) mass is 454 g/mol. The molecule has 2 aromatic rings. The van der Waals surface area contributed by atoms with Gasteiger partial charge in [0.1, 0.15) is 0 Å². The summed E-state index contributed by atoms with van der Waals surface area (Å²) in [5, 5.41) is 13.1. The Morgan fingerprint density at radius 1 is 0.724 bits per heavy atom. The third-order valence-electron chi connectivity index (χ3n) is 5.80. The van der Waals surface area contributed by atoms with Gasteiger partial charge in [-0.15, -0.1) is 0 Å². The van der Waals surface area contributed by atoms with Gasteiger partial charge in [-0.05, 0) is 49.9 Å². The van der Waals surface area contributed by atoms with Crippen molar-refractivity contribution in [2.75, 3.05) is 0 Å². The quantitative estimate of drug-likeness (QED) is 0.317.